The molecule has 0 fully saturated rings. The molecule has 27 heavy (non-hydrogen) atoms. The van der Waals surface area contributed by atoms with E-state index >= 15 is 0 Å². The second kappa shape index (κ2) is 5.76. The molecule has 5 nitrogen and oxygen atoms in total. The number of hydrogen-bond donors (Lipinski definition) is 1. The van der Waals surface area contributed by atoms with Gasteiger partial charge in [0.1, 0.15) is 5.82 Å². The van der Waals surface area contributed by atoms with Gasteiger partial charge < -0.3 is 0 Å². The van der Waals surface area contributed by atoms with Gasteiger partial charge in [-0.25, -0.2) is 9.18 Å². The molecule has 2 aromatic rings. The molecule has 2 aliphatic rings. The van der Waals surface area contributed by atoms with Crippen molar-refractivity contribution >= 4 is 10.9 Å². The second-order valence-corrected chi connectivity index (χ2v) is 5.81. The van der Waals surface area contributed by atoms with E-state index in [2.05, 4.69) is 4.98 Å². The molecule has 2 heterocycles. The van der Waals surface area contributed by atoms with Crippen molar-refractivity contribution in [3.63, 3.8) is 0 Å². The number of hydrogen-bond acceptors (Lipinski definition) is 3. The summed E-state index contributed by atoms with van der Waals surface area (Å²) in [5, 5.41) is 0.0903. The third kappa shape index (κ3) is 2.77. The highest BCUT2D eigenvalue weighted by atomic mass is 19.4. The molecule has 2 aromatic carbocycles. The first kappa shape index (κ1) is 17.0. The van der Waals surface area contributed by atoms with Crippen LogP contribution < -0.4 is 11.2 Å². The van der Waals surface area contributed by atoms with Crippen LogP contribution in [-0.2, 0) is 6.18 Å². The first-order chi connectivity index (χ1) is 12.8. The average Bonchev–Trinajstić information content (AvgIpc) is 2.58. The minimum Gasteiger partial charge on any atom is -0.293 e. The van der Waals surface area contributed by atoms with E-state index in [0.717, 1.165) is 22.8 Å². The normalized spacial score (nSPS) is 12.0. The molecule has 0 atom stereocenters. The molecule has 0 radical (unpaired) electrons. The van der Waals surface area contributed by atoms with Crippen LogP contribution in [0.3, 0.4) is 0 Å². The maximum Gasteiger partial charge on any atom is 0.418 e. The van der Waals surface area contributed by atoms with Crippen molar-refractivity contribution in [3.05, 3.63) is 80.7 Å². The molecule has 0 amide bonds. The molecule has 0 spiro atoms. The predicted molar refractivity (Wildman–Crippen MR) is 89.5 cm³/mol. The summed E-state index contributed by atoms with van der Waals surface area (Å²) in [6.07, 6.45) is -4.72. The number of alkyl halides is 3. The lowest BCUT2D eigenvalue weighted by Gasteiger charge is -2.20. The number of benzene rings is 2. The van der Waals surface area contributed by atoms with E-state index in [9.17, 15) is 27.2 Å². The number of nitrogens with zero attached hydrogens (tertiary/aromatic N) is 2. The molecule has 1 N–H and O–H groups in total. The fourth-order valence-electron chi connectivity index (χ4n) is 3.04. The number of para-hydroxylation sites is 1. The van der Waals surface area contributed by atoms with Gasteiger partial charge in [-0.1, -0.05) is 18.2 Å². The van der Waals surface area contributed by atoms with Crippen molar-refractivity contribution < 1.29 is 17.6 Å². The number of aromatic amines is 1. The van der Waals surface area contributed by atoms with Crippen molar-refractivity contribution in [1.82, 2.24) is 14.5 Å². The maximum absolute atomic E-state index is 13.8. The van der Waals surface area contributed by atoms with Gasteiger partial charge >= 0.3 is 11.9 Å². The zero-order chi connectivity index (χ0) is 19.3. The summed E-state index contributed by atoms with van der Waals surface area (Å²) in [6.45, 7) is 0. The largest absolute Gasteiger partial charge is 0.418 e. The fourth-order valence-corrected chi connectivity index (χ4v) is 3.04. The summed E-state index contributed by atoms with van der Waals surface area (Å²) in [6, 6.07) is 9.49. The van der Waals surface area contributed by atoms with Gasteiger partial charge in [0.25, 0.3) is 5.56 Å². The molecule has 0 aliphatic carbocycles. The van der Waals surface area contributed by atoms with Crippen molar-refractivity contribution in [2.45, 2.75) is 6.18 Å². The number of rotatable bonds is 1. The van der Waals surface area contributed by atoms with Crippen molar-refractivity contribution in [2.75, 3.05) is 0 Å². The smallest absolute Gasteiger partial charge is 0.293 e. The van der Waals surface area contributed by atoms with Gasteiger partial charge in [-0.05, 0) is 30.3 Å². The van der Waals surface area contributed by atoms with Gasteiger partial charge in [-0.2, -0.15) is 18.2 Å². The van der Waals surface area contributed by atoms with Gasteiger partial charge in [0.05, 0.1) is 22.3 Å². The monoisotopic (exact) mass is 375 g/mol. The van der Waals surface area contributed by atoms with Crippen LogP contribution >= 0.6 is 0 Å². The number of halogens is 4. The van der Waals surface area contributed by atoms with Gasteiger partial charge in [-0.3, -0.25) is 14.3 Å². The molecule has 4 rings (SSSR count). The third-order valence-electron chi connectivity index (χ3n) is 4.09. The van der Waals surface area contributed by atoms with Gasteiger partial charge in [-0.15, -0.1) is 0 Å². The molecular formula is C18H9F4N3O2. The number of H-pyrrole nitrogens is 1. The number of pyridine rings is 1. The summed E-state index contributed by atoms with van der Waals surface area (Å²) >= 11 is 0. The Hall–Kier alpha value is -3.49. The molecule has 0 saturated carbocycles. The maximum atomic E-state index is 13.8. The second-order valence-electron chi connectivity index (χ2n) is 5.81. The van der Waals surface area contributed by atoms with E-state index in [-0.39, 0.29) is 28.0 Å². The van der Waals surface area contributed by atoms with E-state index in [0.29, 0.717) is 0 Å². The number of nitrogens with one attached hydrogen (secondary N) is 1. The Kier molecular flexibility index (Phi) is 3.62. The first-order valence-corrected chi connectivity index (χ1v) is 7.67. The van der Waals surface area contributed by atoms with E-state index in [1.54, 1.807) is 0 Å². The lowest BCUT2D eigenvalue weighted by molar-refractivity contribution is -0.136. The number of aromatic nitrogens is 3. The molecule has 0 unspecified atom stereocenters. The van der Waals surface area contributed by atoms with Crippen LogP contribution in [0.4, 0.5) is 17.6 Å². The SMILES string of the molecule is O=c1nc2n(-c3cccc(F)c3)c3c(C(F)(F)F)cccc3cc-2c(=O)[nH]1. The molecule has 136 valence electrons. The van der Waals surface area contributed by atoms with E-state index in [1.165, 1.54) is 30.3 Å². The molecular weight excluding hydrogens is 366 g/mol. The van der Waals surface area contributed by atoms with Crippen LogP contribution in [0.2, 0.25) is 0 Å². The standard InChI is InChI=1S/C18H9F4N3O2/c19-10-4-2-5-11(8-10)25-14-9(3-1-6-13(14)18(20,21)22)7-12-15(25)23-17(27)24-16(12)26/h1-8H,(H,24,26,27). The van der Waals surface area contributed by atoms with Crippen molar-refractivity contribution in [3.8, 4) is 17.1 Å². The van der Waals surface area contributed by atoms with Gasteiger partial charge in [0, 0.05) is 5.39 Å². The molecule has 0 bridgehead atoms. The zero-order valence-corrected chi connectivity index (χ0v) is 13.3. The lowest BCUT2D eigenvalue weighted by atomic mass is 10.0. The summed E-state index contributed by atoms with van der Waals surface area (Å²) in [4.78, 5) is 29.5. The highest BCUT2D eigenvalue weighted by molar-refractivity contribution is 5.90. The Balaban J connectivity index is 2.32. The van der Waals surface area contributed by atoms with Crippen molar-refractivity contribution in [1.29, 1.82) is 0 Å². The highest BCUT2D eigenvalue weighted by Crippen LogP contribution is 2.38. The average molecular weight is 375 g/mol. The summed E-state index contributed by atoms with van der Waals surface area (Å²) in [7, 11) is 0. The summed E-state index contributed by atoms with van der Waals surface area (Å²) in [5.41, 5.74) is -3.23. The molecule has 9 heteroatoms. The highest BCUT2D eigenvalue weighted by Gasteiger charge is 2.35. The van der Waals surface area contributed by atoms with E-state index < -0.39 is 28.8 Å². The van der Waals surface area contributed by atoms with E-state index in [4.69, 9.17) is 0 Å². The van der Waals surface area contributed by atoms with Crippen LogP contribution in [0.15, 0.2) is 58.1 Å². The third-order valence-corrected chi connectivity index (χ3v) is 4.09. The Morgan fingerprint density at radius 1 is 1.00 bits per heavy atom. The first-order valence-electron chi connectivity index (χ1n) is 7.67. The van der Waals surface area contributed by atoms with Gasteiger partial charge in [0.15, 0.2) is 5.82 Å². The van der Waals surface area contributed by atoms with Crippen molar-refractivity contribution in [2.24, 2.45) is 0 Å². The molecule has 2 aliphatic heterocycles. The number of fused-ring (bicyclic) bond motifs is 2. The summed E-state index contributed by atoms with van der Waals surface area (Å²) in [5.74, 6) is -0.986. The minimum absolute atomic E-state index is 0.000185. The molecule has 0 saturated heterocycles. The Labute approximate surface area is 147 Å². The fraction of sp³-hybridized carbons (Fsp3) is 0.0556. The predicted octanol–water partition coefficient (Wildman–Crippen LogP) is 3.34. The Morgan fingerprint density at radius 3 is 2.44 bits per heavy atom. The van der Waals surface area contributed by atoms with Crippen LogP contribution in [0.5, 0.6) is 0 Å². The Morgan fingerprint density at radius 2 is 1.74 bits per heavy atom. The lowest BCUT2D eigenvalue weighted by Crippen LogP contribution is -2.27. The quantitative estimate of drug-likeness (QED) is 0.410. The van der Waals surface area contributed by atoms with Gasteiger partial charge in [0.2, 0.25) is 0 Å². The summed E-state index contributed by atoms with van der Waals surface area (Å²) < 4.78 is 55.6. The van der Waals surface area contributed by atoms with E-state index in [1.807, 2.05) is 4.98 Å². The zero-order valence-electron chi connectivity index (χ0n) is 13.3. The Bertz CT molecular complexity index is 1270. The topological polar surface area (TPSA) is 67.8 Å². The molecule has 0 aromatic heterocycles. The van der Waals surface area contributed by atoms with Crippen LogP contribution in [0, 0.1) is 5.82 Å². The van der Waals surface area contributed by atoms with Crippen LogP contribution in [0.1, 0.15) is 5.56 Å². The van der Waals surface area contributed by atoms with Crippen LogP contribution in [0.25, 0.3) is 28.0 Å². The minimum atomic E-state index is -4.72. The van der Waals surface area contributed by atoms with Crippen LogP contribution in [-0.4, -0.2) is 14.5 Å².